The van der Waals surface area contributed by atoms with E-state index in [1.807, 2.05) is 60.7 Å². The summed E-state index contributed by atoms with van der Waals surface area (Å²) in [7, 11) is 0. The third-order valence-corrected chi connectivity index (χ3v) is 10.8. The summed E-state index contributed by atoms with van der Waals surface area (Å²) in [5.41, 5.74) is 3.65. The topological polar surface area (TPSA) is 14.8 Å². The van der Waals surface area contributed by atoms with Crippen LogP contribution in [-0.4, -0.2) is 13.7 Å². The fraction of sp³-hybridized carbons (Fsp3) is 0. The molecule has 0 N–H and O–H groups in total. The summed E-state index contributed by atoms with van der Waals surface area (Å²) in [4.78, 5) is 0. The zero-order valence-corrected chi connectivity index (χ0v) is 30.0. The lowest BCUT2D eigenvalue weighted by Crippen LogP contribution is -1.98. The molecule has 0 aliphatic rings. The summed E-state index contributed by atoms with van der Waals surface area (Å²) >= 11 is 0. The normalized spacial score (nSPS) is 15.3. The van der Waals surface area contributed by atoms with Gasteiger partial charge in [-0.3, -0.25) is 0 Å². The van der Waals surface area contributed by atoms with Gasteiger partial charge in [-0.05, 0) is 88.9 Å². The molecule has 3 heteroatoms. The molecule has 266 valence electrons. The first-order valence-corrected chi connectivity index (χ1v) is 18.5. The standard InChI is InChI=1S/C54H35N3/c1-2-15-36(16-3-1)37-17-12-18-38(33-37)39-19-13-20-40(34-39)56-50-28-11-7-24-46(50)54-51(56)29-14-30-52(54)57-49-27-10-6-23-44(49)45-32-31-41(35-53(45)57)55-47-25-8-4-21-42(47)43-22-5-9-26-48(43)55/h1-35H/i1D,2D,3D,12D,13D,15D,16D,17D,18D,19D,20D,29D,33D,34D. The number of para-hydroxylation sites is 4. The predicted octanol–water partition coefficient (Wildman–Crippen LogP) is 14.3. The zero-order valence-electron chi connectivity index (χ0n) is 44.0. The van der Waals surface area contributed by atoms with Gasteiger partial charge in [-0.2, -0.15) is 0 Å². The molecule has 0 amide bonds. The quantitative estimate of drug-likeness (QED) is 0.167. The fourth-order valence-electron chi connectivity index (χ4n) is 8.43. The van der Waals surface area contributed by atoms with Crippen molar-refractivity contribution < 1.29 is 19.2 Å². The molecule has 0 bridgehead atoms. The van der Waals surface area contributed by atoms with E-state index < -0.39 is 101 Å². The van der Waals surface area contributed by atoms with Crippen molar-refractivity contribution in [1.82, 2.24) is 13.7 Å². The third-order valence-electron chi connectivity index (χ3n) is 10.8. The van der Waals surface area contributed by atoms with Crippen molar-refractivity contribution in [2.24, 2.45) is 0 Å². The Balaban J connectivity index is 1.16. The summed E-state index contributed by atoms with van der Waals surface area (Å²) in [5, 5.41) is 5.40. The predicted molar refractivity (Wildman–Crippen MR) is 240 cm³/mol. The molecule has 0 fully saturated rings. The lowest BCUT2D eigenvalue weighted by Gasteiger charge is -2.13. The molecule has 3 nitrogen and oxygen atoms in total. The Hall–Kier alpha value is -7.62. The van der Waals surface area contributed by atoms with E-state index >= 15 is 0 Å². The SMILES string of the molecule is [2H]c1c([2H])c([2H])c(-c2c([2H])c([2H])c([2H])c(-c3c([2H])c([2H])c([2H])c(-n4c5ccccc5c5c(-n6c7ccccc7c7ccc(-n8c9ccccc9c9ccccc98)cc76)ccc([2H])c54)c3[2H])c2[2H])c([2H])c1[2H]. The summed E-state index contributed by atoms with van der Waals surface area (Å²) in [5.74, 6) is 0. The van der Waals surface area contributed by atoms with Gasteiger partial charge in [0.05, 0.1) is 58.0 Å². The van der Waals surface area contributed by atoms with Gasteiger partial charge in [-0.1, -0.05) is 145 Å². The molecule has 3 aromatic heterocycles. The average molecular weight is 740 g/mol. The Kier molecular flexibility index (Phi) is 4.57. The molecule has 0 aliphatic carbocycles. The molecule has 12 rings (SSSR count). The number of nitrogens with zero attached hydrogens (tertiary/aromatic N) is 3. The molecule has 0 atom stereocenters. The smallest absolute Gasteiger partial charge is 0.0651 e. The van der Waals surface area contributed by atoms with Gasteiger partial charge in [0.25, 0.3) is 0 Å². The minimum absolute atomic E-state index is 0.00588. The number of rotatable bonds is 5. The highest BCUT2D eigenvalue weighted by molar-refractivity contribution is 6.17. The van der Waals surface area contributed by atoms with Crippen LogP contribution >= 0.6 is 0 Å². The van der Waals surface area contributed by atoms with Crippen LogP contribution in [0.15, 0.2) is 212 Å². The molecule has 9 aromatic carbocycles. The van der Waals surface area contributed by atoms with Gasteiger partial charge in [0.15, 0.2) is 0 Å². The Labute approximate surface area is 349 Å². The first kappa shape index (κ1) is 20.9. The van der Waals surface area contributed by atoms with Crippen molar-refractivity contribution in [1.29, 1.82) is 0 Å². The van der Waals surface area contributed by atoms with Gasteiger partial charge in [0.2, 0.25) is 0 Å². The lowest BCUT2D eigenvalue weighted by molar-refractivity contribution is 1.16. The van der Waals surface area contributed by atoms with Crippen LogP contribution in [-0.2, 0) is 0 Å². The molecule has 0 aliphatic heterocycles. The van der Waals surface area contributed by atoms with Crippen molar-refractivity contribution in [3.05, 3.63) is 212 Å². The lowest BCUT2D eigenvalue weighted by atomic mass is 9.99. The molecule has 0 saturated heterocycles. The van der Waals surface area contributed by atoms with Gasteiger partial charge < -0.3 is 13.7 Å². The van der Waals surface area contributed by atoms with Gasteiger partial charge in [0, 0.05) is 43.7 Å². The largest absolute Gasteiger partial charge is 0.309 e. The molecule has 12 aromatic rings. The van der Waals surface area contributed by atoms with Crippen LogP contribution in [0.3, 0.4) is 0 Å². The van der Waals surface area contributed by atoms with E-state index in [0.29, 0.717) is 22.0 Å². The van der Waals surface area contributed by atoms with E-state index in [-0.39, 0.29) is 17.2 Å². The van der Waals surface area contributed by atoms with Crippen LogP contribution in [0.5, 0.6) is 0 Å². The van der Waals surface area contributed by atoms with Crippen LogP contribution in [0.2, 0.25) is 0 Å². The Bertz CT molecular complexity index is 4280. The second-order valence-corrected chi connectivity index (χ2v) is 13.8. The van der Waals surface area contributed by atoms with Crippen molar-refractivity contribution >= 4 is 65.4 Å². The van der Waals surface area contributed by atoms with Crippen LogP contribution in [0, 0.1) is 0 Å². The zero-order chi connectivity index (χ0) is 49.6. The van der Waals surface area contributed by atoms with Crippen LogP contribution in [0.25, 0.3) is 105 Å². The molecule has 0 radical (unpaired) electrons. The Morgan fingerprint density at radius 3 is 1.51 bits per heavy atom. The maximum Gasteiger partial charge on any atom is 0.0651 e. The third kappa shape index (κ3) is 4.79. The molecular formula is C54H35N3. The van der Waals surface area contributed by atoms with E-state index in [0.717, 1.165) is 49.3 Å². The molecule has 0 saturated carbocycles. The van der Waals surface area contributed by atoms with Crippen molar-refractivity contribution in [2.75, 3.05) is 0 Å². The minimum atomic E-state index is -0.804. The maximum atomic E-state index is 9.90. The van der Waals surface area contributed by atoms with E-state index in [4.69, 9.17) is 11.0 Å². The van der Waals surface area contributed by atoms with Gasteiger partial charge in [-0.25, -0.2) is 0 Å². The van der Waals surface area contributed by atoms with E-state index in [1.165, 1.54) is 4.57 Å². The summed E-state index contributed by atoms with van der Waals surface area (Å²) in [6, 6.07) is 32.3. The molecule has 57 heavy (non-hydrogen) atoms. The first-order valence-electron chi connectivity index (χ1n) is 25.5. The first-order chi connectivity index (χ1) is 34.1. The Morgan fingerprint density at radius 2 is 0.825 bits per heavy atom. The Morgan fingerprint density at radius 1 is 0.316 bits per heavy atom. The molecule has 0 unspecified atom stereocenters. The molecule has 3 heterocycles. The van der Waals surface area contributed by atoms with E-state index in [9.17, 15) is 8.22 Å². The van der Waals surface area contributed by atoms with Crippen LogP contribution < -0.4 is 0 Å². The maximum absolute atomic E-state index is 9.90. The van der Waals surface area contributed by atoms with E-state index in [1.54, 1.807) is 18.2 Å². The summed E-state index contributed by atoms with van der Waals surface area (Å²) < 4.78 is 132. The number of benzene rings is 9. The summed E-state index contributed by atoms with van der Waals surface area (Å²) in [6.45, 7) is 0. The van der Waals surface area contributed by atoms with Crippen LogP contribution in [0.4, 0.5) is 0 Å². The highest BCUT2D eigenvalue weighted by atomic mass is 15.0. The van der Waals surface area contributed by atoms with Crippen molar-refractivity contribution in [2.45, 2.75) is 0 Å². The van der Waals surface area contributed by atoms with E-state index in [2.05, 4.69) is 57.7 Å². The number of hydrogen-bond donors (Lipinski definition) is 0. The monoisotopic (exact) mass is 739 g/mol. The molecule has 0 spiro atoms. The number of fused-ring (bicyclic) bond motifs is 9. The van der Waals surface area contributed by atoms with Gasteiger partial charge >= 0.3 is 0 Å². The minimum Gasteiger partial charge on any atom is -0.309 e. The fourth-order valence-corrected chi connectivity index (χ4v) is 8.43. The van der Waals surface area contributed by atoms with Gasteiger partial charge in [-0.15, -0.1) is 0 Å². The molecular weight excluding hydrogens is 691 g/mol. The van der Waals surface area contributed by atoms with Crippen molar-refractivity contribution in [3.63, 3.8) is 0 Å². The van der Waals surface area contributed by atoms with Gasteiger partial charge in [0.1, 0.15) is 0 Å². The second-order valence-electron chi connectivity index (χ2n) is 13.8. The summed E-state index contributed by atoms with van der Waals surface area (Å²) in [6.07, 6.45) is 0. The number of aromatic nitrogens is 3. The average Bonchev–Trinajstić information content (AvgIpc) is 4.02. The highest BCUT2D eigenvalue weighted by Crippen LogP contribution is 2.42. The highest BCUT2D eigenvalue weighted by Gasteiger charge is 2.21. The van der Waals surface area contributed by atoms with Crippen LogP contribution in [0.1, 0.15) is 19.2 Å². The van der Waals surface area contributed by atoms with Crippen molar-refractivity contribution in [3.8, 4) is 39.3 Å². The number of hydrogen-bond acceptors (Lipinski definition) is 0. The second kappa shape index (κ2) is 12.5.